The maximum absolute atomic E-state index is 11.7. The molecule has 2 aromatic heterocycles. The highest BCUT2D eigenvalue weighted by atomic mass is 16.5. The van der Waals surface area contributed by atoms with Crippen molar-refractivity contribution in [1.82, 2.24) is 20.0 Å². The molecular weight excluding hydrogens is 300 g/mol. The highest BCUT2D eigenvalue weighted by Crippen LogP contribution is 2.16. The van der Waals surface area contributed by atoms with Crippen molar-refractivity contribution >= 4 is 11.9 Å². The van der Waals surface area contributed by atoms with Crippen LogP contribution in [0.4, 0.5) is 0 Å². The van der Waals surface area contributed by atoms with E-state index in [1.807, 2.05) is 0 Å². The highest BCUT2D eigenvalue weighted by molar-refractivity contribution is 5.89. The minimum atomic E-state index is -0.575. The molecule has 0 fully saturated rings. The normalized spacial score (nSPS) is 11.1. The topological polar surface area (TPSA) is 96.2 Å². The van der Waals surface area contributed by atoms with Crippen LogP contribution in [-0.2, 0) is 21.0 Å². The molecule has 2 heterocycles. The molecular formula is C15H18N4O4. The maximum Gasteiger partial charge on any atom is 0.339 e. The van der Waals surface area contributed by atoms with Crippen LogP contribution in [0.2, 0.25) is 0 Å². The van der Waals surface area contributed by atoms with Crippen molar-refractivity contribution < 1.29 is 19.1 Å². The van der Waals surface area contributed by atoms with Gasteiger partial charge in [0.2, 0.25) is 0 Å². The zero-order valence-electron chi connectivity index (χ0n) is 13.4. The highest BCUT2D eigenvalue weighted by Gasteiger charge is 2.23. The Hall–Kier alpha value is -2.77. The smallest absolute Gasteiger partial charge is 0.339 e. The summed E-state index contributed by atoms with van der Waals surface area (Å²) in [7, 11) is 1.31. The molecule has 122 valence electrons. The second kappa shape index (κ2) is 6.55. The van der Waals surface area contributed by atoms with E-state index < -0.39 is 11.4 Å². The van der Waals surface area contributed by atoms with Crippen LogP contribution in [0.25, 0.3) is 11.4 Å². The number of methoxy groups -OCH3 is 1. The minimum absolute atomic E-state index is 0.0245. The quantitative estimate of drug-likeness (QED) is 0.791. The lowest BCUT2D eigenvalue weighted by atomic mass is 9.98. The van der Waals surface area contributed by atoms with Gasteiger partial charge in [-0.3, -0.25) is 9.78 Å². The lowest BCUT2D eigenvalue weighted by Gasteiger charge is -2.15. The number of esters is 2. The van der Waals surface area contributed by atoms with Crippen molar-refractivity contribution in [3.63, 3.8) is 0 Å². The average molecular weight is 318 g/mol. The van der Waals surface area contributed by atoms with Gasteiger partial charge in [-0.05, 0) is 32.9 Å². The fourth-order valence-corrected chi connectivity index (χ4v) is 1.60. The number of aromatic nitrogens is 4. The van der Waals surface area contributed by atoms with Gasteiger partial charge in [0.25, 0.3) is 0 Å². The van der Waals surface area contributed by atoms with Gasteiger partial charge in [0, 0.05) is 6.20 Å². The van der Waals surface area contributed by atoms with Crippen LogP contribution in [0.1, 0.15) is 31.1 Å². The first-order valence-electron chi connectivity index (χ1n) is 6.93. The maximum atomic E-state index is 11.7. The van der Waals surface area contributed by atoms with E-state index in [9.17, 15) is 9.59 Å². The van der Waals surface area contributed by atoms with Crippen molar-refractivity contribution in [2.75, 3.05) is 7.11 Å². The zero-order chi connectivity index (χ0) is 17.0. The summed E-state index contributed by atoms with van der Waals surface area (Å²) in [6.07, 6.45) is 3.01. The Morgan fingerprint density at radius 2 is 1.96 bits per heavy atom. The summed E-state index contributed by atoms with van der Waals surface area (Å²) in [6.45, 7) is 5.29. The van der Waals surface area contributed by atoms with Crippen LogP contribution in [0.5, 0.6) is 0 Å². The number of carbonyl (C=O) groups is 2. The minimum Gasteiger partial charge on any atom is -0.465 e. The van der Waals surface area contributed by atoms with E-state index in [1.54, 1.807) is 39.1 Å². The second-order valence-corrected chi connectivity index (χ2v) is 5.88. The zero-order valence-corrected chi connectivity index (χ0v) is 13.4. The summed E-state index contributed by atoms with van der Waals surface area (Å²) in [5, 5.41) is 7.84. The number of ether oxygens (including phenoxy) is 2. The lowest BCUT2D eigenvalue weighted by Crippen LogP contribution is -2.24. The van der Waals surface area contributed by atoms with E-state index in [0.717, 1.165) is 0 Å². The molecule has 0 radical (unpaired) electrons. The first-order chi connectivity index (χ1) is 10.8. The van der Waals surface area contributed by atoms with E-state index >= 15 is 0 Å². The Morgan fingerprint density at radius 3 is 2.52 bits per heavy atom. The van der Waals surface area contributed by atoms with Crippen molar-refractivity contribution in [3.8, 4) is 11.4 Å². The molecule has 2 rings (SSSR count). The predicted molar refractivity (Wildman–Crippen MR) is 80.1 cm³/mol. The third kappa shape index (κ3) is 4.12. The summed E-state index contributed by atoms with van der Waals surface area (Å²) in [4.78, 5) is 27.2. The van der Waals surface area contributed by atoms with Crippen molar-refractivity contribution in [3.05, 3.63) is 30.1 Å². The van der Waals surface area contributed by atoms with Gasteiger partial charge in [-0.15, -0.1) is 5.10 Å². The molecule has 0 N–H and O–H groups in total. The van der Waals surface area contributed by atoms with Gasteiger partial charge < -0.3 is 9.47 Å². The molecule has 8 nitrogen and oxygen atoms in total. The molecule has 0 unspecified atom stereocenters. The summed E-state index contributed by atoms with van der Waals surface area (Å²) in [5.41, 5.74) is 0.830. The van der Waals surface area contributed by atoms with Crippen LogP contribution in [-0.4, -0.2) is 39.0 Å². The van der Waals surface area contributed by atoms with Crippen molar-refractivity contribution in [1.29, 1.82) is 0 Å². The summed E-state index contributed by atoms with van der Waals surface area (Å²) < 4.78 is 11.2. The van der Waals surface area contributed by atoms with Gasteiger partial charge in [0.1, 0.15) is 5.69 Å². The van der Waals surface area contributed by atoms with Crippen LogP contribution >= 0.6 is 0 Å². The molecule has 2 aromatic rings. The van der Waals surface area contributed by atoms with Gasteiger partial charge in [-0.1, -0.05) is 5.21 Å². The first kappa shape index (κ1) is 16.6. The molecule has 0 amide bonds. The Morgan fingerprint density at radius 1 is 1.22 bits per heavy atom. The van der Waals surface area contributed by atoms with Crippen LogP contribution in [0.3, 0.4) is 0 Å². The van der Waals surface area contributed by atoms with Crippen LogP contribution in [0, 0.1) is 5.41 Å². The molecule has 23 heavy (non-hydrogen) atoms. The lowest BCUT2D eigenvalue weighted by molar-refractivity contribution is -0.157. The third-order valence-corrected chi connectivity index (χ3v) is 2.93. The van der Waals surface area contributed by atoms with Crippen molar-refractivity contribution in [2.45, 2.75) is 27.5 Å². The van der Waals surface area contributed by atoms with Crippen LogP contribution in [0.15, 0.2) is 24.5 Å². The molecule has 0 aliphatic heterocycles. The summed E-state index contributed by atoms with van der Waals surface area (Å²) >= 11 is 0. The standard InChI is InChI=1S/C15H18N4O4/c1-15(2,3)14(21)23-9-19-8-12(17-18-19)11-6-5-10(7-16-11)13(20)22-4/h5-8H,9H2,1-4H3. The summed E-state index contributed by atoms with van der Waals surface area (Å²) in [5.74, 6) is -0.781. The number of rotatable bonds is 4. The number of pyridine rings is 1. The largest absolute Gasteiger partial charge is 0.465 e. The SMILES string of the molecule is COC(=O)c1ccc(-c2cn(COC(=O)C(C)(C)C)nn2)nc1. The number of carbonyl (C=O) groups excluding carboxylic acids is 2. The first-order valence-corrected chi connectivity index (χ1v) is 6.93. The predicted octanol–water partition coefficient (Wildman–Crippen LogP) is 1.67. The molecule has 0 aliphatic carbocycles. The molecule has 0 aliphatic rings. The fourth-order valence-electron chi connectivity index (χ4n) is 1.60. The summed E-state index contributed by atoms with van der Waals surface area (Å²) in [6, 6.07) is 3.23. The van der Waals surface area contributed by atoms with Gasteiger partial charge in [-0.25, -0.2) is 9.48 Å². The van der Waals surface area contributed by atoms with Gasteiger partial charge in [0.15, 0.2) is 6.73 Å². The monoisotopic (exact) mass is 318 g/mol. The Balaban J connectivity index is 2.04. The molecule has 0 saturated carbocycles. The van der Waals surface area contributed by atoms with E-state index in [4.69, 9.17) is 4.74 Å². The molecule has 0 spiro atoms. The van der Waals surface area contributed by atoms with Gasteiger partial charge in [-0.2, -0.15) is 0 Å². The second-order valence-electron chi connectivity index (χ2n) is 5.88. The number of hydrogen-bond donors (Lipinski definition) is 0. The van der Waals surface area contributed by atoms with Crippen molar-refractivity contribution in [2.24, 2.45) is 5.41 Å². The third-order valence-electron chi connectivity index (χ3n) is 2.93. The number of nitrogens with zero attached hydrogens (tertiary/aromatic N) is 4. The van der Waals surface area contributed by atoms with E-state index in [-0.39, 0.29) is 12.7 Å². The van der Waals surface area contributed by atoms with Gasteiger partial charge >= 0.3 is 11.9 Å². The van der Waals surface area contributed by atoms with Gasteiger partial charge in [0.05, 0.1) is 30.0 Å². The number of hydrogen-bond acceptors (Lipinski definition) is 7. The molecule has 0 saturated heterocycles. The molecule has 0 atom stereocenters. The Labute approximate surface area is 133 Å². The molecule has 0 bridgehead atoms. The molecule has 0 aromatic carbocycles. The van der Waals surface area contributed by atoms with E-state index in [0.29, 0.717) is 17.0 Å². The van der Waals surface area contributed by atoms with E-state index in [1.165, 1.54) is 18.0 Å². The average Bonchev–Trinajstić information content (AvgIpc) is 3.00. The Kier molecular flexibility index (Phi) is 4.73. The van der Waals surface area contributed by atoms with E-state index in [2.05, 4.69) is 20.0 Å². The molecule has 8 heteroatoms. The Bertz CT molecular complexity index is 701. The van der Waals surface area contributed by atoms with Crippen LogP contribution < -0.4 is 0 Å². The fraction of sp³-hybridized carbons (Fsp3) is 0.400.